The van der Waals surface area contributed by atoms with Gasteiger partial charge in [-0.2, -0.15) is 0 Å². The van der Waals surface area contributed by atoms with Crippen molar-refractivity contribution in [3.63, 3.8) is 0 Å². The summed E-state index contributed by atoms with van der Waals surface area (Å²) in [5.74, 6) is 0. The zero-order chi connectivity index (χ0) is 14.4. The highest BCUT2D eigenvalue weighted by Gasteiger charge is 2.38. The number of quaternary nitrogens is 2. The lowest BCUT2D eigenvalue weighted by Crippen LogP contribution is -3.11. The lowest BCUT2D eigenvalue weighted by Gasteiger charge is -2.37. The molecule has 1 heterocycles. The first-order valence-corrected chi connectivity index (χ1v) is 8.11. The molecule has 0 aliphatic carbocycles. The minimum absolute atomic E-state index is 0.137. The van der Waals surface area contributed by atoms with Gasteiger partial charge in [0.25, 0.3) is 0 Å². The number of nitrogens with one attached hydrogen (secondary N) is 1. The number of benzene rings is 1. The van der Waals surface area contributed by atoms with E-state index in [9.17, 15) is 0 Å². The van der Waals surface area contributed by atoms with E-state index in [1.54, 1.807) is 4.90 Å². The van der Waals surface area contributed by atoms with Crippen LogP contribution in [-0.2, 0) is 16.8 Å². The van der Waals surface area contributed by atoms with Crippen LogP contribution in [0.5, 0.6) is 0 Å². The molecule has 20 heavy (non-hydrogen) atoms. The Morgan fingerprint density at radius 2 is 2.00 bits per heavy atom. The zero-order valence-electron chi connectivity index (χ0n) is 13.1. The fourth-order valence-corrected chi connectivity index (χ4v) is 3.38. The van der Waals surface area contributed by atoms with Gasteiger partial charge in [-0.05, 0) is 44.2 Å². The molecule has 2 rings (SSSR count). The third-order valence-corrected chi connectivity index (χ3v) is 4.77. The third-order valence-electron chi connectivity index (χ3n) is 4.77. The standard InChI is InChI=1S/C17H28N2O/c1-3-19(4-2)12-7-11-17(14-18)16-9-6-5-8-15(16)10-13-20-17/h5-6,8-9H,3-4,7,10-14,18H2,1-2H3/p+2. The van der Waals surface area contributed by atoms with E-state index in [1.165, 1.54) is 37.2 Å². The van der Waals surface area contributed by atoms with Crippen LogP contribution >= 0.6 is 0 Å². The van der Waals surface area contributed by atoms with Crippen molar-refractivity contribution in [2.75, 3.05) is 32.8 Å². The van der Waals surface area contributed by atoms with E-state index in [1.807, 2.05) is 0 Å². The molecule has 0 radical (unpaired) electrons. The summed E-state index contributed by atoms with van der Waals surface area (Å²) in [6.07, 6.45) is 3.34. The van der Waals surface area contributed by atoms with Crippen molar-refractivity contribution in [2.24, 2.45) is 0 Å². The number of hydrogen-bond acceptors (Lipinski definition) is 1. The fraction of sp³-hybridized carbons (Fsp3) is 0.647. The average Bonchev–Trinajstić information content (AvgIpc) is 2.51. The SMILES string of the molecule is CC[NH+](CC)CCCC1(C[NH3+])OCCc2ccccc21. The molecule has 4 N–H and O–H groups in total. The lowest BCUT2D eigenvalue weighted by atomic mass is 9.83. The summed E-state index contributed by atoms with van der Waals surface area (Å²) >= 11 is 0. The largest absolute Gasteiger partial charge is 0.364 e. The highest BCUT2D eigenvalue weighted by Crippen LogP contribution is 2.35. The predicted molar refractivity (Wildman–Crippen MR) is 81.7 cm³/mol. The van der Waals surface area contributed by atoms with Crippen LogP contribution in [0.15, 0.2) is 24.3 Å². The minimum Gasteiger partial charge on any atom is -0.364 e. The molecule has 0 amide bonds. The first kappa shape index (κ1) is 15.5. The normalized spacial score (nSPS) is 22.0. The van der Waals surface area contributed by atoms with E-state index in [-0.39, 0.29) is 5.60 Å². The molecule has 0 fully saturated rings. The number of hydrogen-bond donors (Lipinski definition) is 2. The maximum absolute atomic E-state index is 6.22. The molecular weight excluding hydrogens is 248 g/mol. The van der Waals surface area contributed by atoms with Crippen molar-refractivity contribution in [3.05, 3.63) is 35.4 Å². The number of ether oxygens (including phenoxy) is 1. The lowest BCUT2D eigenvalue weighted by molar-refractivity contribution is -0.896. The van der Waals surface area contributed by atoms with Gasteiger partial charge in [0.1, 0.15) is 12.1 Å². The molecule has 1 aromatic rings. The molecular formula is C17H30N2O+2. The predicted octanol–water partition coefficient (Wildman–Crippen LogP) is 0.401. The Bertz CT molecular complexity index is 417. The molecule has 112 valence electrons. The van der Waals surface area contributed by atoms with E-state index < -0.39 is 0 Å². The van der Waals surface area contributed by atoms with Gasteiger partial charge >= 0.3 is 0 Å². The van der Waals surface area contributed by atoms with E-state index >= 15 is 0 Å². The minimum atomic E-state index is -0.137. The zero-order valence-corrected chi connectivity index (χ0v) is 13.1. The van der Waals surface area contributed by atoms with Gasteiger partial charge in [-0.15, -0.1) is 0 Å². The Morgan fingerprint density at radius 1 is 1.25 bits per heavy atom. The average molecular weight is 278 g/mol. The quantitative estimate of drug-likeness (QED) is 0.745. The topological polar surface area (TPSA) is 41.3 Å². The van der Waals surface area contributed by atoms with Crippen LogP contribution in [0.1, 0.15) is 37.8 Å². The van der Waals surface area contributed by atoms with E-state index in [0.29, 0.717) is 0 Å². The Hall–Kier alpha value is -0.900. The Balaban J connectivity index is 2.07. The molecule has 1 aromatic carbocycles. The number of rotatable bonds is 7. The summed E-state index contributed by atoms with van der Waals surface area (Å²) in [6, 6.07) is 8.76. The summed E-state index contributed by atoms with van der Waals surface area (Å²) in [7, 11) is 0. The Kier molecular flexibility index (Phi) is 5.58. The molecule has 0 saturated heterocycles. The van der Waals surface area contributed by atoms with Gasteiger partial charge in [-0.3, -0.25) is 0 Å². The van der Waals surface area contributed by atoms with E-state index in [4.69, 9.17) is 4.74 Å². The first-order valence-electron chi connectivity index (χ1n) is 8.11. The molecule has 3 heteroatoms. The second-order valence-corrected chi connectivity index (χ2v) is 5.81. The molecule has 1 unspecified atom stereocenters. The summed E-state index contributed by atoms with van der Waals surface area (Å²) < 4.78 is 6.22. The fourth-order valence-electron chi connectivity index (χ4n) is 3.38. The number of fused-ring (bicyclic) bond motifs is 1. The van der Waals surface area contributed by atoms with Crippen molar-refractivity contribution in [3.8, 4) is 0 Å². The van der Waals surface area contributed by atoms with Gasteiger partial charge in [0.2, 0.25) is 0 Å². The molecule has 1 aliphatic rings. The van der Waals surface area contributed by atoms with Crippen LogP contribution in [-0.4, -0.2) is 32.8 Å². The second kappa shape index (κ2) is 7.21. The molecule has 0 spiro atoms. The monoisotopic (exact) mass is 278 g/mol. The van der Waals surface area contributed by atoms with Crippen LogP contribution in [0.2, 0.25) is 0 Å². The van der Waals surface area contributed by atoms with Gasteiger partial charge < -0.3 is 15.4 Å². The maximum atomic E-state index is 6.22. The van der Waals surface area contributed by atoms with Crippen LogP contribution < -0.4 is 10.6 Å². The van der Waals surface area contributed by atoms with E-state index in [2.05, 4.69) is 43.8 Å². The van der Waals surface area contributed by atoms with Gasteiger partial charge in [-0.25, -0.2) is 0 Å². The van der Waals surface area contributed by atoms with Gasteiger partial charge in [0.15, 0.2) is 0 Å². The molecule has 0 aromatic heterocycles. The van der Waals surface area contributed by atoms with Crippen LogP contribution in [0.3, 0.4) is 0 Å². The highest BCUT2D eigenvalue weighted by molar-refractivity contribution is 5.34. The highest BCUT2D eigenvalue weighted by atomic mass is 16.5. The summed E-state index contributed by atoms with van der Waals surface area (Å²) in [6.45, 7) is 9.87. The van der Waals surface area contributed by atoms with Crippen molar-refractivity contribution in [1.29, 1.82) is 0 Å². The molecule has 3 nitrogen and oxygen atoms in total. The molecule has 0 bridgehead atoms. The third kappa shape index (κ3) is 3.22. The van der Waals surface area contributed by atoms with E-state index in [0.717, 1.165) is 26.0 Å². The second-order valence-electron chi connectivity index (χ2n) is 5.81. The van der Waals surface area contributed by atoms with Gasteiger partial charge in [0.05, 0.1) is 26.2 Å². The van der Waals surface area contributed by atoms with Crippen molar-refractivity contribution >= 4 is 0 Å². The van der Waals surface area contributed by atoms with Crippen molar-refractivity contribution in [1.82, 2.24) is 0 Å². The molecule has 1 atom stereocenters. The summed E-state index contributed by atoms with van der Waals surface area (Å²) in [5.41, 5.74) is 6.89. The summed E-state index contributed by atoms with van der Waals surface area (Å²) in [5, 5.41) is 0. The van der Waals surface area contributed by atoms with Crippen LogP contribution in [0, 0.1) is 0 Å². The van der Waals surface area contributed by atoms with Crippen molar-refractivity contribution in [2.45, 2.75) is 38.7 Å². The molecule has 1 aliphatic heterocycles. The maximum Gasteiger partial charge on any atom is 0.142 e. The van der Waals surface area contributed by atoms with Gasteiger partial charge in [-0.1, -0.05) is 24.3 Å². The Morgan fingerprint density at radius 3 is 2.70 bits per heavy atom. The molecule has 0 saturated carbocycles. The Labute approximate surface area is 123 Å². The van der Waals surface area contributed by atoms with Gasteiger partial charge in [0, 0.05) is 0 Å². The van der Waals surface area contributed by atoms with Crippen LogP contribution in [0.25, 0.3) is 0 Å². The smallest absolute Gasteiger partial charge is 0.142 e. The van der Waals surface area contributed by atoms with Crippen LogP contribution in [0.4, 0.5) is 0 Å². The van der Waals surface area contributed by atoms with Crippen molar-refractivity contribution < 1.29 is 15.4 Å². The summed E-state index contributed by atoms with van der Waals surface area (Å²) in [4.78, 5) is 1.67. The first-order chi connectivity index (χ1) is 9.75.